The number of rotatable bonds is 11. The molecule has 0 aliphatic carbocycles. The SMILES string of the molecule is C=CCOc1ccc(CN(CC2CCCO2)C(=O)c2ccc(S(=O)(=O)C(F)F)cc2)cc1OC. The van der Waals surface area contributed by atoms with Gasteiger partial charge < -0.3 is 19.1 Å². The van der Waals surface area contributed by atoms with Crippen molar-refractivity contribution in [3.8, 4) is 11.5 Å². The second kappa shape index (κ2) is 11.4. The van der Waals surface area contributed by atoms with Crippen molar-refractivity contribution >= 4 is 15.7 Å². The van der Waals surface area contributed by atoms with Gasteiger partial charge in [0, 0.05) is 25.3 Å². The van der Waals surface area contributed by atoms with E-state index in [1.165, 1.54) is 19.2 Å². The number of halogens is 2. The first-order chi connectivity index (χ1) is 16.3. The minimum absolute atomic E-state index is 0.125. The molecule has 1 aliphatic rings. The smallest absolute Gasteiger partial charge is 0.341 e. The molecule has 10 heteroatoms. The third-order valence-corrected chi connectivity index (χ3v) is 6.76. The zero-order valence-electron chi connectivity index (χ0n) is 18.8. The lowest BCUT2D eigenvalue weighted by atomic mass is 10.1. The van der Waals surface area contributed by atoms with Gasteiger partial charge in [0.25, 0.3) is 5.91 Å². The van der Waals surface area contributed by atoms with Crippen molar-refractivity contribution < 1.29 is 36.2 Å². The highest BCUT2D eigenvalue weighted by atomic mass is 32.2. The second-order valence-electron chi connectivity index (χ2n) is 7.74. The third-order valence-electron chi connectivity index (χ3n) is 5.36. The van der Waals surface area contributed by atoms with Crippen LogP contribution in [0.3, 0.4) is 0 Å². The first-order valence-electron chi connectivity index (χ1n) is 10.7. The molecule has 0 radical (unpaired) electrons. The Morgan fingerprint density at radius 1 is 1.24 bits per heavy atom. The summed E-state index contributed by atoms with van der Waals surface area (Å²) in [4.78, 5) is 14.4. The van der Waals surface area contributed by atoms with Gasteiger partial charge in [0.1, 0.15) is 6.61 Å². The predicted molar refractivity (Wildman–Crippen MR) is 122 cm³/mol. The molecule has 1 atom stereocenters. The monoisotopic (exact) mass is 495 g/mol. The molecule has 184 valence electrons. The number of carbonyl (C=O) groups is 1. The first kappa shape index (κ1) is 25.6. The largest absolute Gasteiger partial charge is 0.493 e. The molecule has 7 nitrogen and oxygen atoms in total. The number of sulfone groups is 1. The van der Waals surface area contributed by atoms with Crippen LogP contribution in [-0.2, 0) is 21.1 Å². The van der Waals surface area contributed by atoms with Crippen LogP contribution in [0.1, 0.15) is 28.8 Å². The zero-order valence-corrected chi connectivity index (χ0v) is 19.6. The predicted octanol–water partition coefficient (Wildman–Crippen LogP) is 4.08. The molecule has 3 rings (SSSR count). The van der Waals surface area contributed by atoms with Crippen molar-refractivity contribution in [2.24, 2.45) is 0 Å². The second-order valence-corrected chi connectivity index (χ2v) is 9.65. The van der Waals surface area contributed by atoms with E-state index in [2.05, 4.69) is 6.58 Å². The summed E-state index contributed by atoms with van der Waals surface area (Å²) in [6.45, 7) is 5.11. The van der Waals surface area contributed by atoms with Crippen LogP contribution in [0.25, 0.3) is 0 Å². The van der Waals surface area contributed by atoms with E-state index in [4.69, 9.17) is 14.2 Å². The number of methoxy groups -OCH3 is 1. The van der Waals surface area contributed by atoms with Gasteiger partial charge in [-0.05, 0) is 54.8 Å². The van der Waals surface area contributed by atoms with Crippen LogP contribution in [-0.4, -0.2) is 58.0 Å². The van der Waals surface area contributed by atoms with E-state index in [0.29, 0.717) is 31.3 Å². The Kier molecular flexibility index (Phi) is 8.62. The molecular formula is C24H27F2NO6S. The summed E-state index contributed by atoms with van der Waals surface area (Å²) in [5, 5.41) is 0. The number of hydrogen-bond donors (Lipinski definition) is 0. The molecule has 1 fully saturated rings. The van der Waals surface area contributed by atoms with Gasteiger partial charge in [-0.25, -0.2) is 8.42 Å². The maximum atomic E-state index is 13.3. The highest BCUT2D eigenvalue weighted by Crippen LogP contribution is 2.29. The molecule has 0 spiro atoms. The van der Waals surface area contributed by atoms with Crippen molar-refractivity contribution in [1.82, 2.24) is 4.90 Å². The Balaban J connectivity index is 1.84. The summed E-state index contributed by atoms with van der Waals surface area (Å²) < 4.78 is 65.7. The van der Waals surface area contributed by atoms with Crippen LogP contribution in [0.15, 0.2) is 60.0 Å². The Morgan fingerprint density at radius 2 is 1.97 bits per heavy atom. The number of ether oxygens (including phenoxy) is 3. The molecule has 0 N–H and O–H groups in total. The number of nitrogens with zero attached hydrogens (tertiary/aromatic N) is 1. The summed E-state index contributed by atoms with van der Waals surface area (Å²) in [5.41, 5.74) is 0.968. The fraction of sp³-hybridized carbons (Fsp3) is 0.375. The van der Waals surface area contributed by atoms with Gasteiger partial charge >= 0.3 is 5.76 Å². The molecule has 1 unspecified atom stereocenters. The number of amides is 1. The van der Waals surface area contributed by atoms with E-state index in [1.807, 2.05) is 6.07 Å². The molecule has 34 heavy (non-hydrogen) atoms. The lowest BCUT2D eigenvalue weighted by Crippen LogP contribution is -2.37. The highest BCUT2D eigenvalue weighted by Gasteiger charge is 2.28. The molecule has 2 aromatic carbocycles. The van der Waals surface area contributed by atoms with Crippen LogP contribution in [0.4, 0.5) is 8.78 Å². The van der Waals surface area contributed by atoms with Crippen LogP contribution in [0.2, 0.25) is 0 Å². The van der Waals surface area contributed by atoms with Crippen molar-refractivity contribution in [3.63, 3.8) is 0 Å². The number of carbonyl (C=O) groups excluding carboxylic acids is 1. The molecule has 0 aromatic heterocycles. The molecule has 2 aromatic rings. The molecule has 1 amide bonds. The Hall–Kier alpha value is -2.98. The van der Waals surface area contributed by atoms with Crippen LogP contribution < -0.4 is 9.47 Å². The van der Waals surface area contributed by atoms with Gasteiger partial charge in [-0.3, -0.25) is 4.79 Å². The quantitative estimate of drug-likeness (QED) is 0.437. The lowest BCUT2D eigenvalue weighted by Gasteiger charge is -2.26. The maximum Gasteiger partial charge on any atom is 0.341 e. The van der Waals surface area contributed by atoms with E-state index >= 15 is 0 Å². The molecular weight excluding hydrogens is 468 g/mol. The van der Waals surface area contributed by atoms with Crippen LogP contribution >= 0.6 is 0 Å². The Morgan fingerprint density at radius 3 is 2.56 bits per heavy atom. The summed E-state index contributed by atoms with van der Waals surface area (Å²) >= 11 is 0. The average molecular weight is 496 g/mol. The molecule has 1 heterocycles. The van der Waals surface area contributed by atoms with Crippen molar-refractivity contribution in [2.45, 2.75) is 36.1 Å². The Bertz CT molecular complexity index is 1100. The normalized spacial score (nSPS) is 15.8. The van der Waals surface area contributed by atoms with Crippen molar-refractivity contribution in [3.05, 3.63) is 66.2 Å². The number of benzene rings is 2. The van der Waals surface area contributed by atoms with Gasteiger partial charge in [-0.1, -0.05) is 18.7 Å². The standard InChI is InChI=1S/C24H27F2NO6S/c1-3-12-33-21-11-6-17(14-22(21)31-2)15-27(16-19-5-4-13-32-19)23(28)18-7-9-20(10-8-18)34(29,30)24(25)26/h3,6-11,14,19,24H,1,4-5,12-13,15-16H2,2H3. The van der Waals surface area contributed by atoms with Gasteiger partial charge in [0.05, 0.1) is 18.1 Å². The fourth-order valence-corrected chi connectivity index (χ4v) is 4.35. The average Bonchev–Trinajstić information content (AvgIpc) is 3.35. The van der Waals surface area contributed by atoms with Gasteiger partial charge in [0.15, 0.2) is 11.5 Å². The molecule has 0 saturated carbocycles. The van der Waals surface area contributed by atoms with Gasteiger partial charge in [0.2, 0.25) is 9.84 Å². The maximum absolute atomic E-state index is 13.3. The highest BCUT2D eigenvalue weighted by molar-refractivity contribution is 7.91. The molecule has 1 saturated heterocycles. The minimum Gasteiger partial charge on any atom is -0.493 e. The van der Waals surface area contributed by atoms with E-state index < -0.39 is 20.5 Å². The van der Waals surface area contributed by atoms with Crippen LogP contribution in [0.5, 0.6) is 11.5 Å². The number of alkyl halides is 2. The fourth-order valence-electron chi connectivity index (χ4n) is 3.62. The minimum atomic E-state index is -4.74. The van der Waals surface area contributed by atoms with Gasteiger partial charge in [-0.15, -0.1) is 0 Å². The van der Waals surface area contributed by atoms with E-state index in [9.17, 15) is 22.0 Å². The summed E-state index contributed by atoms with van der Waals surface area (Å²) in [6.07, 6.45) is 3.20. The first-order valence-corrected chi connectivity index (χ1v) is 12.2. The van der Waals surface area contributed by atoms with Crippen LogP contribution in [0, 0.1) is 0 Å². The molecule has 0 bridgehead atoms. The van der Waals surface area contributed by atoms with E-state index in [1.54, 1.807) is 23.1 Å². The zero-order chi connectivity index (χ0) is 24.7. The molecule has 1 aliphatic heterocycles. The van der Waals surface area contributed by atoms with Crippen molar-refractivity contribution in [1.29, 1.82) is 0 Å². The Labute approximate surface area is 197 Å². The summed E-state index contributed by atoms with van der Waals surface area (Å²) in [7, 11) is -3.22. The lowest BCUT2D eigenvalue weighted by molar-refractivity contribution is 0.0507. The topological polar surface area (TPSA) is 82.1 Å². The van der Waals surface area contributed by atoms with Crippen molar-refractivity contribution in [2.75, 3.05) is 26.9 Å². The number of hydrogen-bond acceptors (Lipinski definition) is 6. The van der Waals surface area contributed by atoms with E-state index in [0.717, 1.165) is 30.5 Å². The summed E-state index contributed by atoms with van der Waals surface area (Å²) in [6, 6.07) is 9.86. The van der Waals surface area contributed by atoms with E-state index in [-0.39, 0.29) is 24.1 Å². The third kappa shape index (κ3) is 6.12. The van der Waals surface area contributed by atoms with Gasteiger partial charge in [-0.2, -0.15) is 8.78 Å². The summed E-state index contributed by atoms with van der Waals surface area (Å²) in [5.74, 6) is -2.86.